The second-order valence-electron chi connectivity index (χ2n) is 5.08. The average Bonchev–Trinajstić information content (AvgIpc) is 3.27. The van der Waals surface area contributed by atoms with Crippen LogP contribution in [0, 0.1) is 0 Å². The van der Waals surface area contributed by atoms with Crippen LogP contribution in [0.15, 0.2) is 59.2 Å². The minimum absolute atomic E-state index is 0.760. The maximum Gasteiger partial charge on any atom is 0.195 e. The van der Waals surface area contributed by atoms with Crippen LogP contribution in [-0.4, -0.2) is 26.7 Å². The lowest BCUT2D eigenvalue weighted by Crippen LogP contribution is -1.88. The van der Waals surface area contributed by atoms with Gasteiger partial charge in [0.1, 0.15) is 10.8 Å². The van der Waals surface area contributed by atoms with E-state index in [-0.39, 0.29) is 0 Å². The maximum absolute atomic E-state index is 5.28. The number of fused-ring (bicyclic) bond motifs is 1. The van der Waals surface area contributed by atoms with E-state index in [1.807, 2.05) is 53.1 Å². The lowest BCUT2D eigenvalue weighted by Gasteiger charge is -2.01. The van der Waals surface area contributed by atoms with Gasteiger partial charge in [-0.3, -0.25) is 4.40 Å². The number of thioether (sulfide) groups is 1. The van der Waals surface area contributed by atoms with Crippen molar-refractivity contribution in [2.75, 3.05) is 7.11 Å². The molecule has 7 heteroatoms. The van der Waals surface area contributed by atoms with E-state index in [2.05, 4.69) is 15.6 Å². The molecule has 0 amide bonds. The predicted octanol–water partition coefficient (Wildman–Crippen LogP) is 4.15. The van der Waals surface area contributed by atoms with E-state index in [4.69, 9.17) is 9.72 Å². The Morgan fingerprint density at radius 3 is 3.04 bits per heavy atom. The Kier molecular flexibility index (Phi) is 4.18. The van der Waals surface area contributed by atoms with Crippen molar-refractivity contribution in [3.05, 3.63) is 59.7 Å². The lowest BCUT2D eigenvalue weighted by molar-refractivity contribution is 0.415. The summed E-state index contributed by atoms with van der Waals surface area (Å²) in [7, 11) is 1.67. The van der Waals surface area contributed by atoms with Gasteiger partial charge in [0, 0.05) is 22.9 Å². The van der Waals surface area contributed by atoms with E-state index in [1.165, 1.54) is 0 Å². The minimum atomic E-state index is 0.760. The van der Waals surface area contributed by atoms with Crippen LogP contribution in [0.25, 0.3) is 16.2 Å². The first kappa shape index (κ1) is 15.2. The normalized spacial score (nSPS) is 11.0. The molecule has 0 saturated carbocycles. The van der Waals surface area contributed by atoms with Crippen LogP contribution in [0.4, 0.5) is 0 Å². The Balaban J connectivity index is 1.51. The van der Waals surface area contributed by atoms with Gasteiger partial charge in [-0.25, -0.2) is 4.98 Å². The summed E-state index contributed by atoms with van der Waals surface area (Å²) in [5, 5.41) is 12.4. The number of pyridine rings is 1. The fourth-order valence-corrected chi connectivity index (χ4v) is 4.06. The van der Waals surface area contributed by atoms with Crippen LogP contribution in [-0.2, 0) is 5.75 Å². The highest BCUT2D eigenvalue weighted by molar-refractivity contribution is 7.98. The van der Waals surface area contributed by atoms with Gasteiger partial charge in [-0.15, -0.1) is 21.5 Å². The van der Waals surface area contributed by atoms with Gasteiger partial charge in [-0.2, -0.15) is 0 Å². The molecule has 120 valence electrons. The van der Waals surface area contributed by atoms with Crippen molar-refractivity contribution in [2.45, 2.75) is 10.9 Å². The molecule has 0 unspecified atom stereocenters. The number of hydrogen-bond acceptors (Lipinski definition) is 6. The Bertz CT molecular complexity index is 979. The zero-order valence-corrected chi connectivity index (χ0v) is 14.5. The van der Waals surface area contributed by atoms with Crippen molar-refractivity contribution in [3.63, 3.8) is 0 Å². The fraction of sp³-hybridized carbons (Fsp3) is 0.118. The quantitative estimate of drug-likeness (QED) is 0.504. The Labute approximate surface area is 147 Å². The molecule has 0 fully saturated rings. The zero-order valence-electron chi connectivity index (χ0n) is 12.9. The molecule has 24 heavy (non-hydrogen) atoms. The zero-order chi connectivity index (χ0) is 16.4. The van der Waals surface area contributed by atoms with Crippen LogP contribution in [0.5, 0.6) is 5.75 Å². The molecule has 0 N–H and O–H groups in total. The third kappa shape index (κ3) is 3.00. The van der Waals surface area contributed by atoms with Gasteiger partial charge in [-0.05, 0) is 24.3 Å². The molecule has 0 atom stereocenters. The maximum atomic E-state index is 5.28. The number of nitrogens with zero attached hydrogens (tertiary/aromatic N) is 4. The number of aromatic nitrogens is 4. The number of benzene rings is 1. The Morgan fingerprint density at radius 2 is 2.12 bits per heavy atom. The van der Waals surface area contributed by atoms with E-state index in [1.54, 1.807) is 30.2 Å². The Morgan fingerprint density at radius 1 is 1.17 bits per heavy atom. The second kappa shape index (κ2) is 6.62. The first-order valence-corrected chi connectivity index (χ1v) is 9.21. The summed E-state index contributed by atoms with van der Waals surface area (Å²) in [6.07, 6.45) is 1.97. The number of methoxy groups -OCH3 is 1. The summed E-state index contributed by atoms with van der Waals surface area (Å²) >= 11 is 3.27. The van der Waals surface area contributed by atoms with Gasteiger partial charge in [0.05, 0.1) is 12.8 Å². The van der Waals surface area contributed by atoms with E-state index in [0.717, 1.165) is 38.6 Å². The van der Waals surface area contributed by atoms with Crippen molar-refractivity contribution < 1.29 is 4.74 Å². The molecule has 4 aromatic rings. The fourth-order valence-electron chi connectivity index (χ4n) is 2.32. The number of ether oxygens (including phenoxy) is 1. The largest absolute Gasteiger partial charge is 0.497 e. The molecule has 0 aliphatic carbocycles. The molecule has 1 aromatic carbocycles. The van der Waals surface area contributed by atoms with Crippen LogP contribution in [0.3, 0.4) is 0 Å². The Hall–Kier alpha value is -2.38. The van der Waals surface area contributed by atoms with Crippen LogP contribution >= 0.6 is 23.1 Å². The second-order valence-corrected chi connectivity index (χ2v) is 6.88. The molecular weight excluding hydrogens is 340 g/mol. The summed E-state index contributed by atoms with van der Waals surface area (Å²) in [6, 6.07) is 13.8. The highest BCUT2D eigenvalue weighted by Gasteiger charge is 2.09. The van der Waals surface area contributed by atoms with Crippen LogP contribution in [0.2, 0.25) is 0 Å². The van der Waals surface area contributed by atoms with E-state index >= 15 is 0 Å². The average molecular weight is 354 g/mol. The van der Waals surface area contributed by atoms with Gasteiger partial charge in [0.2, 0.25) is 0 Å². The van der Waals surface area contributed by atoms with Crippen molar-refractivity contribution >= 4 is 28.7 Å². The summed E-state index contributed by atoms with van der Waals surface area (Å²) in [5.41, 5.74) is 2.97. The molecule has 0 aliphatic rings. The molecule has 0 saturated heterocycles. The van der Waals surface area contributed by atoms with Crippen molar-refractivity contribution in [3.8, 4) is 16.3 Å². The molecule has 0 spiro atoms. The summed E-state index contributed by atoms with van der Waals surface area (Å²) in [6.45, 7) is 0. The van der Waals surface area contributed by atoms with Crippen LogP contribution in [0.1, 0.15) is 5.69 Å². The van der Waals surface area contributed by atoms with Crippen molar-refractivity contribution in [1.29, 1.82) is 0 Å². The lowest BCUT2D eigenvalue weighted by atomic mass is 10.2. The molecule has 5 nitrogen and oxygen atoms in total. The van der Waals surface area contributed by atoms with E-state index in [9.17, 15) is 0 Å². The smallest absolute Gasteiger partial charge is 0.195 e. The van der Waals surface area contributed by atoms with E-state index in [0.29, 0.717) is 0 Å². The monoisotopic (exact) mass is 354 g/mol. The van der Waals surface area contributed by atoms with Gasteiger partial charge in [-0.1, -0.05) is 30.0 Å². The van der Waals surface area contributed by atoms with E-state index < -0.39 is 0 Å². The first-order chi connectivity index (χ1) is 11.8. The number of thiazole rings is 1. The van der Waals surface area contributed by atoms with Gasteiger partial charge in [0.25, 0.3) is 0 Å². The third-order valence-corrected chi connectivity index (χ3v) is 5.42. The molecule has 0 radical (unpaired) electrons. The minimum Gasteiger partial charge on any atom is -0.497 e. The van der Waals surface area contributed by atoms with Gasteiger partial charge in [0.15, 0.2) is 10.8 Å². The molecule has 4 rings (SSSR count). The molecule has 3 aromatic heterocycles. The topological polar surface area (TPSA) is 52.3 Å². The summed E-state index contributed by atoms with van der Waals surface area (Å²) < 4.78 is 7.26. The van der Waals surface area contributed by atoms with Crippen molar-refractivity contribution in [1.82, 2.24) is 19.6 Å². The highest BCUT2D eigenvalue weighted by Crippen LogP contribution is 2.29. The van der Waals surface area contributed by atoms with Crippen LogP contribution < -0.4 is 4.74 Å². The molecule has 0 aliphatic heterocycles. The standard InChI is InChI=1S/C17H14N4OS2/c1-22-14-6-4-5-12(9-14)16-18-13(10-23-16)11-24-17-20-19-15-7-2-3-8-21(15)17/h2-10H,11H2,1H3. The summed E-state index contributed by atoms with van der Waals surface area (Å²) in [4.78, 5) is 4.72. The number of hydrogen-bond donors (Lipinski definition) is 0. The van der Waals surface area contributed by atoms with Crippen molar-refractivity contribution in [2.24, 2.45) is 0 Å². The first-order valence-electron chi connectivity index (χ1n) is 7.35. The molecular formula is C17H14N4OS2. The predicted molar refractivity (Wildman–Crippen MR) is 96.7 cm³/mol. The molecule has 0 bridgehead atoms. The molecule has 3 heterocycles. The van der Waals surface area contributed by atoms with Gasteiger partial charge < -0.3 is 4.74 Å². The van der Waals surface area contributed by atoms with Gasteiger partial charge >= 0.3 is 0 Å². The third-order valence-electron chi connectivity index (χ3n) is 3.50. The summed E-state index contributed by atoms with van der Waals surface area (Å²) in [5.74, 6) is 1.60. The highest BCUT2D eigenvalue weighted by atomic mass is 32.2. The number of rotatable bonds is 5. The SMILES string of the molecule is COc1cccc(-c2nc(CSc3nnc4ccccn34)cs2)c1.